The number of halogens is 1. The van der Waals surface area contributed by atoms with Gasteiger partial charge in [-0.2, -0.15) is 13.5 Å². The monoisotopic (exact) mass is 414 g/mol. The van der Waals surface area contributed by atoms with Crippen molar-refractivity contribution in [2.75, 3.05) is 13.2 Å². The molecule has 1 aromatic carbocycles. The summed E-state index contributed by atoms with van der Waals surface area (Å²) < 4.78 is 35.0. The van der Waals surface area contributed by atoms with E-state index in [9.17, 15) is 18.0 Å². The van der Waals surface area contributed by atoms with Crippen LogP contribution in [0.2, 0.25) is 5.02 Å². The summed E-state index contributed by atoms with van der Waals surface area (Å²) in [7, 11) is -3.95. The topological polar surface area (TPSA) is 105 Å². The fourth-order valence-corrected chi connectivity index (χ4v) is 3.33. The molecule has 0 fully saturated rings. The van der Waals surface area contributed by atoms with E-state index < -0.39 is 21.6 Å². The van der Waals surface area contributed by atoms with Crippen molar-refractivity contribution < 1.29 is 22.1 Å². The molecule has 0 N–H and O–H groups in total. The van der Waals surface area contributed by atoms with Crippen LogP contribution in [0.15, 0.2) is 40.2 Å². The average Bonchev–Trinajstić information content (AvgIpc) is 2.61. The number of esters is 1. The third-order valence-corrected chi connectivity index (χ3v) is 5.23. The van der Waals surface area contributed by atoms with Crippen LogP contribution in [0.5, 0.6) is 0 Å². The molecule has 8 nitrogen and oxygen atoms in total. The maximum Gasteiger partial charge on any atom is 0.327 e. The molecule has 0 atom stereocenters. The van der Waals surface area contributed by atoms with Crippen LogP contribution in [0.25, 0.3) is 0 Å². The Kier molecular flexibility index (Phi) is 7.11. The largest absolute Gasteiger partial charge is 0.465 e. The number of hydrogen-bond acceptors (Lipinski definition) is 7. The molecule has 0 bridgehead atoms. The van der Waals surface area contributed by atoms with Crippen molar-refractivity contribution in [3.8, 4) is 0 Å². The van der Waals surface area contributed by atoms with Crippen LogP contribution in [0.3, 0.4) is 0 Å². The highest BCUT2D eigenvalue weighted by atomic mass is 35.5. The molecular formula is C17H19ClN2O6S. The van der Waals surface area contributed by atoms with Gasteiger partial charge in [0.05, 0.1) is 29.3 Å². The Bertz CT molecular complexity index is 970. The first-order valence-corrected chi connectivity index (χ1v) is 9.89. The third kappa shape index (κ3) is 5.62. The van der Waals surface area contributed by atoms with Crippen LogP contribution in [0.4, 0.5) is 0 Å². The molecule has 1 aromatic heterocycles. The lowest BCUT2D eigenvalue weighted by molar-refractivity contribution is -0.144. The molecule has 0 aliphatic heterocycles. The summed E-state index contributed by atoms with van der Waals surface area (Å²) in [5.41, 5.74) is 0.418. The van der Waals surface area contributed by atoms with E-state index in [0.29, 0.717) is 0 Å². The fraction of sp³-hybridized carbons (Fsp3) is 0.353. The number of benzene rings is 1. The second-order valence-corrected chi connectivity index (χ2v) is 7.60. The van der Waals surface area contributed by atoms with E-state index in [-0.39, 0.29) is 41.7 Å². The van der Waals surface area contributed by atoms with Gasteiger partial charge < -0.3 is 4.74 Å². The lowest BCUT2D eigenvalue weighted by atomic mass is 10.2. The lowest BCUT2D eigenvalue weighted by Gasteiger charge is -2.09. The van der Waals surface area contributed by atoms with Gasteiger partial charge in [-0.3, -0.25) is 13.8 Å². The molecule has 0 aliphatic rings. The summed E-state index contributed by atoms with van der Waals surface area (Å²) in [6, 6.07) is 6.20. The second kappa shape index (κ2) is 9.12. The third-order valence-electron chi connectivity index (χ3n) is 3.58. The van der Waals surface area contributed by atoms with Crippen molar-refractivity contribution in [1.29, 1.82) is 0 Å². The van der Waals surface area contributed by atoms with Gasteiger partial charge in [0.25, 0.3) is 15.7 Å². The molecule has 0 saturated heterocycles. The quantitative estimate of drug-likeness (QED) is 0.478. The molecule has 1 heterocycles. The van der Waals surface area contributed by atoms with Gasteiger partial charge in [0.2, 0.25) is 0 Å². The van der Waals surface area contributed by atoms with Crippen LogP contribution >= 0.6 is 11.6 Å². The summed E-state index contributed by atoms with van der Waals surface area (Å²) in [6.07, 6.45) is 1.15. The van der Waals surface area contributed by atoms with Crippen LogP contribution in [-0.4, -0.2) is 37.4 Å². The predicted octanol–water partition coefficient (Wildman–Crippen LogP) is 1.72. The van der Waals surface area contributed by atoms with E-state index in [2.05, 4.69) is 5.10 Å². The molecular weight excluding hydrogens is 396 g/mol. The van der Waals surface area contributed by atoms with E-state index >= 15 is 0 Å². The highest BCUT2D eigenvalue weighted by Gasteiger charge is 2.17. The molecule has 2 rings (SSSR count). The van der Waals surface area contributed by atoms with Gasteiger partial charge in [-0.1, -0.05) is 29.3 Å². The van der Waals surface area contributed by atoms with Crippen LogP contribution in [0, 0.1) is 6.92 Å². The highest BCUT2D eigenvalue weighted by Crippen LogP contribution is 2.15. The molecule has 10 heteroatoms. The first kappa shape index (κ1) is 21.1. The van der Waals surface area contributed by atoms with Crippen LogP contribution < -0.4 is 5.56 Å². The van der Waals surface area contributed by atoms with Crippen LogP contribution in [0.1, 0.15) is 18.1 Å². The van der Waals surface area contributed by atoms with Crippen molar-refractivity contribution in [2.24, 2.45) is 0 Å². The number of hydrogen-bond donors (Lipinski definition) is 0. The fourth-order valence-electron chi connectivity index (χ4n) is 2.20. The van der Waals surface area contributed by atoms with Gasteiger partial charge in [0.1, 0.15) is 6.54 Å². The number of aryl methyl sites for hydroxylation is 1. The number of carbonyl (C=O) groups excluding carboxylic acids is 1. The Hall–Kier alpha value is -2.23. The second-order valence-electron chi connectivity index (χ2n) is 5.58. The average molecular weight is 415 g/mol. The zero-order chi connectivity index (χ0) is 20.0. The highest BCUT2D eigenvalue weighted by molar-refractivity contribution is 7.86. The number of aromatic nitrogens is 2. The summed E-state index contributed by atoms with van der Waals surface area (Å²) in [5.74, 6) is -0.612. The molecule has 0 aliphatic carbocycles. The van der Waals surface area contributed by atoms with E-state index in [1.807, 2.05) is 6.92 Å². The number of nitrogens with zero attached hydrogens (tertiary/aromatic N) is 2. The molecule has 0 unspecified atom stereocenters. The van der Waals surface area contributed by atoms with Crippen molar-refractivity contribution in [3.63, 3.8) is 0 Å². The van der Waals surface area contributed by atoms with Gasteiger partial charge in [-0.05, 0) is 26.0 Å². The van der Waals surface area contributed by atoms with E-state index in [0.717, 1.165) is 10.2 Å². The first-order chi connectivity index (χ1) is 12.7. The maximum atomic E-state index is 12.4. The predicted molar refractivity (Wildman–Crippen MR) is 98.2 cm³/mol. The summed E-state index contributed by atoms with van der Waals surface area (Å²) in [5, 5.41) is 3.85. The SMILES string of the molecule is CCOC(=O)Cn1ncc(Cl)c(CCOS(=O)(=O)c2ccc(C)cc2)c1=O. The summed E-state index contributed by atoms with van der Waals surface area (Å²) >= 11 is 5.99. The molecule has 0 saturated carbocycles. The minimum absolute atomic E-state index is 0.0219. The summed E-state index contributed by atoms with van der Waals surface area (Å²) in [4.78, 5) is 23.9. The number of rotatable bonds is 8. The van der Waals surface area contributed by atoms with Crippen LogP contribution in [-0.2, 0) is 36.8 Å². The van der Waals surface area contributed by atoms with E-state index in [1.165, 1.54) is 18.3 Å². The van der Waals surface area contributed by atoms with Crippen molar-refractivity contribution >= 4 is 27.7 Å². The lowest BCUT2D eigenvalue weighted by Crippen LogP contribution is -2.30. The molecule has 27 heavy (non-hydrogen) atoms. The van der Waals surface area contributed by atoms with E-state index in [4.69, 9.17) is 20.5 Å². The van der Waals surface area contributed by atoms with Gasteiger partial charge in [0, 0.05) is 12.0 Å². The minimum Gasteiger partial charge on any atom is -0.465 e. The van der Waals surface area contributed by atoms with Crippen molar-refractivity contribution in [2.45, 2.75) is 31.7 Å². The zero-order valence-electron chi connectivity index (χ0n) is 14.8. The van der Waals surface area contributed by atoms with Gasteiger partial charge in [-0.15, -0.1) is 0 Å². The summed E-state index contributed by atoms with van der Waals surface area (Å²) in [6.45, 7) is 3.02. The van der Waals surface area contributed by atoms with E-state index in [1.54, 1.807) is 19.1 Å². The number of carbonyl (C=O) groups is 1. The van der Waals surface area contributed by atoms with Gasteiger partial charge >= 0.3 is 5.97 Å². The normalized spacial score (nSPS) is 11.4. The van der Waals surface area contributed by atoms with Crippen molar-refractivity contribution in [3.05, 3.63) is 57.0 Å². The standard InChI is InChI=1S/C17H19ClN2O6S/c1-3-25-16(21)11-20-17(22)14(15(18)10-19-20)8-9-26-27(23,24)13-6-4-12(2)5-7-13/h4-7,10H,3,8-9,11H2,1-2H3. The minimum atomic E-state index is -3.95. The maximum absolute atomic E-state index is 12.4. The molecule has 0 radical (unpaired) electrons. The molecule has 0 amide bonds. The van der Waals surface area contributed by atoms with Gasteiger partial charge in [-0.25, -0.2) is 4.68 Å². The Balaban J connectivity index is 2.10. The zero-order valence-corrected chi connectivity index (χ0v) is 16.4. The molecule has 146 valence electrons. The Morgan fingerprint density at radius 1 is 1.26 bits per heavy atom. The Morgan fingerprint density at radius 3 is 2.56 bits per heavy atom. The number of ether oxygens (including phenoxy) is 1. The molecule has 0 spiro atoms. The van der Waals surface area contributed by atoms with Crippen molar-refractivity contribution in [1.82, 2.24) is 9.78 Å². The smallest absolute Gasteiger partial charge is 0.327 e. The first-order valence-electron chi connectivity index (χ1n) is 8.11. The molecule has 2 aromatic rings. The van der Waals surface area contributed by atoms with Gasteiger partial charge in [0.15, 0.2) is 0 Å². The Labute approximate surface area is 161 Å². The Morgan fingerprint density at radius 2 is 1.93 bits per heavy atom.